The van der Waals surface area contributed by atoms with Crippen LogP contribution in [0, 0.1) is 0 Å². The Kier molecular flexibility index (Phi) is 3.89. The molecule has 0 saturated heterocycles. The number of para-hydroxylation sites is 1. The monoisotopic (exact) mass is 305 g/mol. The zero-order valence-electron chi connectivity index (χ0n) is 13.2. The molecule has 0 unspecified atom stereocenters. The summed E-state index contributed by atoms with van der Waals surface area (Å²) in [5.41, 5.74) is 1.82. The topological polar surface area (TPSA) is 42.2 Å². The van der Waals surface area contributed by atoms with Gasteiger partial charge in [0.1, 0.15) is 0 Å². The number of aromatic nitrogens is 1. The van der Waals surface area contributed by atoms with E-state index in [1.165, 1.54) is 0 Å². The van der Waals surface area contributed by atoms with Gasteiger partial charge >= 0.3 is 0 Å². The second kappa shape index (κ2) is 5.86. The third kappa shape index (κ3) is 2.96. The van der Waals surface area contributed by atoms with Crippen LogP contribution >= 0.6 is 0 Å². The third-order valence-electron chi connectivity index (χ3n) is 3.84. The fraction of sp³-hybridized carbons (Fsp3) is 0.150. The molecule has 0 bridgehead atoms. The van der Waals surface area contributed by atoms with Crippen molar-refractivity contribution in [2.75, 3.05) is 0 Å². The average molecular weight is 305 g/mol. The van der Waals surface area contributed by atoms with E-state index < -0.39 is 5.60 Å². The molecule has 3 nitrogen and oxygen atoms in total. The van der Waals surface area contributed by atoms with Gasteiger partial charge in [-0.05, 0) is 32.0 Å². The van der Waals surface area contributed by atoms with Crippen LogP contribution in [0.4, 0.5) is 0 Å². The highest BCUT2D eigenvalue weighted by Gasteiger charge is 2.22. The molecule has 1 heterocycles. The zero-order valence-corrected chi connectivity index (χ0v) is 13.2. The highest BCUT2D eigenvalue weighted by atomic mass is 16.3. The molecule has 0 fully saturated rings. The van der Waals surface area contributed by atoms with Crippen LogP contribution in [0.1, 0.15) is 35.5 Å². The lowest BCUT2D eigenvalue weighted by atomic mass is 9.96. The van der Waals surface area contributed by atoms with Gasteiger partial charge in [0.05, 0.1) is 17.0 Å². The Morgan fingerprint density at radius 2 is 1.57 bits per heavy atom. The summed E-state index contributed by atoms with van der Waals surface area (Å²) in [6.45, 7) is 3.49. The molecular weight excluding hydrogens is 286 g/mol. The second-order valence-electron chi connectivity index (χ2n) is 6.03. The normalized spacial score (nSPS) is 11.4. The molecule has 1 N–H and O–H groups in total. The highest BCUT2D eigenvalue weighted by molar-refractivity contribution is 6.08. The molecule has 0 aliphatic carbocycles. The number of benzene rings is 2. The van der Waals surface area contributed by atoms with E-state index in [9.17, 15) is 9.90 Å². The van der Waals surface area contributed by atoms with Crippen LogP contribution in [0.25, 0.3) is 5.69 Å². The quantitative estimate of drug-likeness (QED) is 0.742. The highest BCUT2D eigenvalue weighted by Crippen LogP contribution is 2.28. The van der Waals surface area contributed by atoms with Crippen molar-refractivity contribution in [1.29, 1.82) is 0 Å². The number of nitrogens with zero attached hydrogens (tertiary/aromatic N) is 1. The molecule has 0 saturated carbocycles. The van der Waals surface area contributed by atoms with Crippen molar-refractivity contribution in [3.63, 3.8) is 0 Å². The van der Waals surface area contributed by atoms with Gasteiger partial charge in [0.15, 0.2) is 0 Å². The minimum absolute atomic E-state index is 0.0406. The first kappa shape index (κ1) is 15.3. The first-order valence-electron chi connectivity index (χ1n) is 7.58. The molecule has 116 valence electrons. The molecule has 1 aromatic heterocycles. The SMILES string of the molecule is CC(C)(O)c1ccccc1-n1cccc1C(=O)c1ccccc1. The van der Waals surface area contributed by atoms with Gasteiger partial charge in [0.25, 0.3) is 0 Å². The Morgan fingerprint density at radius 3 is 2.26 bits per heavy atom. The van der Waals surface area contributed by atoms with Crippen molar-refractivity contribution in [2.45, 2.75) is 19.4 Å². The van der Waals surface area contributed by atoms with Crippen LogP contribution < -0.4 is 0 Å². The maximum atomic E-state index is 12.8. The summed E-state index contributed by atoms with van der Waals surface area (Å²) >= 11 is 0. The summed E-state index contributed by atoms with van der Waals surface area (Å²) in [5, 5.41) is 10.4. The Balaban J connectivity index is 2.12. The number of hydrogen-bond donors (Lipinski definition) is 1. The lowest BCUT2D eigenvalue weighted by Gasteiger charge is -2.23. The number of carbonyl (C=O) groups excluding carboxylic acids is 1. The van der Waals surface area contributed by atoms with Crippen molar-refractivity contribution in [1.82, 2.24) is 4.57 Å². The number of carbonyl (C=O) groups is 1. The van der Waals surface area contributed by atoms with Crippen LogP contribution in [0.15, 0.2) is 72.9 Å². The van der Waals surface area contributed by atoms with E-state index in [1.54, 1.807) is 19.9 Å². The molecule has 0 amide bonds. The van der Waals surface area contributed by atoms with Gasteiger partial charge in [0.2, 0.25) is 5.78 Å². The Bertz CT molecular complexity index is 826. The standard InChI is InChI=1S/C20H19NO2/c1-20(2,23)16-11-6-7-12-17(16)21-14-8-13-18(21)19(22)15-9-4-3-5-10-15/h3-14,23H,1-2H3. The van der Waals surface area contributed by atoms with E-state index in [0.29, 0.717) is 11.3 Å². The van der Waals surface area contributed by atoms with Gasteiger partial charge in [-0.25, -0.2) is 0 Å². The van der Waals surface area contributed by atoms with Crippen molar-refractivity contribution in [3.8, 4) is 5.69 Å². The van der Waals surface area contributed by atoms with Crippen LogP contribution in [0.5, 0.6) is 0 Å². The van der Waals surface area contributed by atoms with Gasteiger partial charge in [-0.3, -0.25) is 4.79 Å². The van der Waals surface area contributed by atoms with Crippen LogP contribution in [0.2, 0.25) is 0 Å². The Labute approximate surface area is 135 Å². The molecule has 0 aliphatic rings. The van der Waals surface area contributed by atoms with E-state index >= 15 is 0 Å². The van der Waals surface area contributed by atoms with Gasteiger partial charge in [-0.2, -0.15) is 0 Å². The lowest BCUT2D eigenvalue weighted by Crippen LogP contribution is -2.19. The summed E-state index contributed by atoms with van der Waals surface area (Å²) in [6.07, 6.45) is 1.85. The molecular formula is C20H19NO2. The van der Waals surface area contributed by atoms with Gasteiger partial charge in [-0.15, -0.1) is 0 Å². The van der Waals surface area contributed by atoms with Crippen molar-refractivity contribution in [2.24, 2.45) is 0 Å². The van der Waals surface area contributed by atoms with Crippen LogP contribution in [0.3, 0.4) is 0 Å². The van der Waals surface area contributed by atoms with E-state index in [1.807, 2.05) is 71.4 Å². The molecule has 23 heavy (non-hydrogen) atoms. The van der Waals surface area contributed by atoms with Gasteiger partial charge in [-0.1, -0.05) is 48.5 Å². The van der Waals surface area contributed by atoms with Gasteiger partial charge < -0.3 is 9.67 Å². The zero-order chi connectivity index (χ0) is 16.4. The first-order valence-corrected chi connectivity index (χ1v) is 7.58. The number of hydrogen-bond acceptors (Lipinski definition) is 2. The first-order chi connectivity index (χ1) is 11.0. The number of ketones is 1. The smallest absolute Gasteiger partial charge is 0.209 e. The molecule has 3 rings (SSSR count). The van der Waals surface area contributed by atoms with Crippen molar-refractivity contribution >= 4 is 5.78 Å². The average Bonchev–Trinajstić information content (AvgIpc) is 3.03. The molecule has 0 atom stereocenters. The number of aliphatic hydroxyl groups is 1. The lowest BCUT2D eigenvalue weighted by molar-refractivity contribution is 0.0784. The predicted molar refractivity (Wildman–Crippen MR) is 90.9 cm³/mol. The Hall–Kier alpha value is -2.65. The fourth-order valence-corrected chi connectivity index (χ4v) is 2.71. The molecule has 2 aromatic carbocycles. The van der Waals surface area contributed by atoms with Crippen LogP contribution in [-0.4, -0.2) is 15.5 Å². The van der Waals surface area contributed by atoms with Crippen LogP contribution in [-0.2, 0) is 5.60 Å². The van der Waals surface area contributed by atoms with E-state index in [-0.39, 0.29) is 5.78 Å². The summed E-state index contributed by atoms with van der Waals surface area (Å²) in [4.78, 5) is 12.8. The van der Waals surface area contributed by atoms with Gasteiger partial charge in [0, 0.05) is 17.3 Å². The molecule has 3 aromatic rings. The maximum absolute atomic E-state index is 12.8. The van der Waals surface area contributed by atoms with E-state index in [0.717, 1.165) is 11.3 Å². The minimum Gasteiger partial charge on any atom is -0.386 e. The molecule has 0 aliphatic heterocycles. The summed E-state index contributed by atoms with van der Waals surface area (Å²) in [7, 11) is 0. The summed E-state index contributed by atoms with van der Waals surface area (Å²) < 4.78 is 1.84. The Morgan fingerprint density at radius 1 is 0.913 bits per heavy atom. The number of rotatable bonds is 4. The van der Waals surface area contributed by atoms with Crippen molar-refractivity contribution < 1.29 is 9.90 Å². The molecule has 0 spiro atoms. The largest absolute Gasteiger partial charge is 0.386 e. The second-order valence-corrected chi connectivity index (χ2v) is 6.03. The van der Waals surface area contributed by atoms with Crippen molar-refractivity contribution in [3.05, 3.63) is 89.7 Å². The fourth-order valence-electron chi connectivity index (χ4n) is 2.71. The minimum atomic E-state index is -0.992. The van der Waals surface area contributed by atoms with E-state index in [4.69, 9.17) is 0 Å². The third-order valence-corrected chi connectivity index (χ3v) is 3.84. The summed E-state index contributed by atoms with van der Waals surface area (Å²) in [5.74, 6) is -0.0406. The summed E-state index contributed by atoms with van der Waals surface area (Å²) in [6, 6.07) is 20.4. The molecule has 0 radical (unpaired) electrons. The van der Waals surface area contributed by atoms with E-state index in [2.05, 4.69) is 0 Å². The molecule has 3 heteroatoms. The maximum Gasteiger partial charge on any atom is 0.209 e. The predicted octanol–water partition coefficient (Wildman–Crippen LogP) is 3.94.